The average Bonchev–Trinajstić information content (AvgIpc) is 2.83. The normalized spacial score (nSPS) is 20.4. The Kier molecular flexibility index (Phi) is 5.29. The highest BCUT2D eigenvalue weighted by Crippen LogP contribution is 2.21. The Bertz CT molecular complexity index is 566. The molecule has 9 heteroatoms. The van der Waals surface area contributed by atoms with Gasteiger partial charge in [-0.1, -0.05) is 0 Å². The van der Waals surface area contributed by atoms with Gasteiger partial charge in [-0.3, -0.25) is 0 Å². The lowest BCUT2D eigenvalue weighted by Gasteiger charge is -2.24. The van der Waals surface area contributed by atoms with Gasteiger partial charge in [-0.15, -0.1) is 5.10 Å². The van der Waals surface area contributed by atoms with Crippen molar-refractivity contribution in [1.82, 2.24) is 15.2 Å². The molecule has 8 nitrogen and oxygen atoms in total. The summed E-state index contributed by atoms with van der Waals surface area (Å²) in [4.78, 5) is 6.23. The van der Waals surface area contributed by atoms with Crippen molar-refractivity contribution in [3.8, 4) is 0 Å². The summed E-state index contributed by atoms with van der Waals surface area (Å²) in [6, 6.07) is -0.0481. The minimum Gasteiger partial charge on any atom is -0.385 e. The lowest BCUT2D eigenvalue weighted by molar-refractivity contribution is 0.197. The third-order valence-corrected chi connectivity index (χ3v) is 5.22. The second kappa shape index (κ2) is 6.99. The molecule has 2 heterocycles. The molecule has 1 aromatic rings. The van der Waals surface area contributed by atoms with Crippen molar-refractivity contribution in [2.75, 3.05) is 49.0 Å². The number of methoxy groups -OCH3 is 1. The van der Waals surface area contributed by atoms with E-state index in [1.54, 1.807) is 13.3 Å². The van der Waals surface area contributed by atoms with Crippen LogP contribution in [0, 0.1) is 0 Å². The van der Waals surface area contributed by atoms with Crippen LogP contribution in [0.2, 0.25) is 0 Å². The molecule has 0 aliphatic carbocycles. The maximum atomic E-state index is 11.5. The Morgan fingerprint density at radius 1 is 1.52 bits per heavy atom. The quantitative estimate of drug-likeness (QED) is 0.699. The molecule has 1 aromatic heterocycles. The average molecular weight is 315 g/mol. The predicted molar refractivity (Wildman–Crippen MR) is 80.3 cm³/mol. The molecule has 1 unspecified atom stereocenters. The molecule has 0 bridgehead atoms. The van der Waals surface area contributed by atoms with E-state index in [1.807, 2.05) is 11.9 Å². The lowest BCUT2D eigenvalue weighted by Crippen LogP contribution is -2.33. The minimum absolute atomic E-state index is 0.0481. The largest absolute Gasteiger partial charge is 0.385 e. The Morgan fingerprint density at radius 2 is 2.33 bits per heavy atom. The molecule has 0 radical (unpaired) electrons. The van der Waals surface area contributed by atoms with E-state index < -0.39 is 9.84 Å². The van der Waals surface area contributed by atoms with E-state index in [0.717, 1.165) is 6.42 Å². The van der Waals surface area contributed by atoms with E-state index in [1.165, 1.54) is 0 Å². The number of nitrogens with zero attached hydrogens (tertiary/aromatic N) is 4. The molecule has 0 aromatic carbocycles. The number of sulfone groups is 1. The van der Waals surface area contributed by atoms with Crippen LogP contribution in [0.5, 0.6) is 0 Å². The number of rotatable bonds is 7. The van der Waals surface area contributed by atoms with Crippen molar-refractivity contribution in [1.29, 1.82) is 0 Å². The second-order valence-electron chi connectivity index (χ2n) is 5.08. The van der Waals surface area contributed by atoms with Gasteiger partial charge < -0.3 is 15.0 Å². The van der Waals surface area contributed by atoms with Gasteiger partial charge in [-0.25, -0.2) is 8.42 Å². The van der Waals surface area contributed by atoms with E-state index in [-0.39, 0.29) is 17.5 Å². The van der Waals surface area contributed by atoms with Crippen molar-refractivity contribution >= 4 is 21.6 Å². The monoisotopic (exact) mass is 315 g/mol. The maximum Gasteiger partial charge on any atom is 0.244 e. The first-order valence-corrected chi connectivity index (χ1v) is 8.70. The van der Waals surface area contributed by atoms with Gasteiger partial charge in [0.05, 0.1) is 17.7 Å². The van der Waals surface area contributed by atoms with Gasteiger partial charge >= 0.3 is 0 Å². The topological polar surface area (TPSA) is 97.3 Å². The molecule has 0 spiro atoms. The number of nitrogens with one attached hydrogen (secondary N) is 1. The number of aromatic nitrogens is 3. The minimum atomic E-state index is -2.91. The molecule has 0 amide bonds. The van der Waals surface area contributed by atoms with Crippen LogP contribution in [-0.2, 0) is 14.6 Å². The first-order chi connectivity index (χ1) is 10.0. The van der Waals surface area contributed by atoms with Crippen LogP contribution in [0.15, 0.2) is 6.20 Å². The predicted octanol–water partition coefficient (Wildman–Crippen LogP) is -0.0567. The summed E-state index contributed by atoms with van der Waals surface area (Å²) in [5.74, 6) is 1.48. The standard InChI is InChI=1S/C12H21N5O3S/c1-17(10-4-7-21(18,19)9-10)11-8-14-16-12(15-11)13-5-3-6-20-2/h8,10H,3-7,9H2,1-2H3,(H,13,15,16). The van der Waals surface area contributed by atoms with Gasteiger partial charge in [-0.05, 0) is 12.8 Å². The van der Waals surface area contributed by atoms with E-state index >= 15 is 0 Å². The fraction of sp³-hybridized carbons (Fsp3) is 0.750. The van der Waals surface area contributed by atoms with Gasteiger partial charge in [0.2, 0.25) is 5.95 Å². The summed E-state index contributed by atoms with van der Waals surface area (Å²) in [6.45, 7) is 1.36. The summed E-state index contributed by atoms with van der Waals surface area (Å²) in [7, 11) is 0.579. The Balaban J connectivity index is 1.96. The van der Waals surface area contributed by atoms with Crippen LogP contribution in [0.4, 0.5) is 11.8 Å². The summed E-state index contributed by atoms with van der Waals surface area (Å²) in [6.07, 6.45) is 3.02. The van der Waals surface area contributed by atoms with Gasteiger partial charge in [-0.2, -0.15) is 10.1 Å². The van der Waals surface area contributed by atoms with Crippen molar-refractivity contribution in [2.24, 2.45) is 0 Å². The maximum absolute atomic E-state index is 11.5. The van der Waals surface area contributed by atoms with Gasteiger partial charge in [0.1, 0.15) is 0 Å². The van der Waals surface area contributed by atoms with Crippen LogP contribution in [-0.4, -0.2) is 68.5 Å². The van der Waals surface area contributed by atoms with Gasteiger partial charge in [0, 0.05) is 33.4 Å². The van der Waals surface area contributed by atoms with E-state index in [4.69, 9.17) is 4.74 Å². The summed E-state index contributed by atoms with van der Waals surface area (Å²) in [5.41, 5.74) is 0. The van der Waals surface area contributed by atoms with Gasteiger partial charge in [0.15, 0.2) is 15.7 Å². The molecular formula is C12H21N5O3S. The molecule has 2 rings (SSSR count). The van der Waals surface area contributed by atoms with E-state index in [2.05, 4.69) is 20.5 Å². The molecule has 1 saturated heterocycles. The summed E-state index contributed by atoms with van der Waals surface area (Å²) >= 11 is 0. The number of anilines is 2. The molecule has 1 N–H and O–H groups in total. The molecule has 1 fully saturated rings. The lowest BCUT2D eigenvalue weighted by atomic mass is 10.2. The molecule has 21 heavy (non-hydrogen) atoms. The summed E-state index contributed by atoms with van der Waals surface area (Å²) < 4.78 is 28.1. The van der Waals surface area contributed by atoms with Crippen molar-refractivity contribution in [2.45, 2.75) is 18.9 Å². The molecular weight excluding hydrogens is 294 g/mol. The highest BCUT2D eigenvalue weighted by molar-refractivity contribution is 7.91. The third-order valence-electron chi connectivity index (χ3n) is 3.47. The highest BCUT2D eigenvalue weighted by atomic mass is 32.2. The van der Waals surface area contributed by atoms with Gasteiger partial charge in [0.25, 0.3) is 0 Å². The van der Waals surface area contributed by atoms with Crippen LogP contribution in [0.3, 0.4) is 0 Å². The zero-order chi connectivity index (χ0) is 15.3. The molecule has 1 atom stereocenters. The van der Waals surface area contributed by atoms with E-state index in [0.29, 0.717) is 31.3 Å². The SMILES string of the molecule is COCCCNc1nncc(N(C)C2CCS(=O)(=O)C2)n1. The smallest absolute Gasteiger partial charge is 0.244 e. The van der Waals surface area contributed by atoms with Crippen LogP contribution in [0.25, 0.3) is 0 Å². The molecule has 1 aliphatic heterocycles. The fourth-order valence-electron chi connectivity index (χ4n) is 2.22. The summed E-state index contributed by atoms with van der Waals surface area (Å²) in [5, 5.41) is 10.9. The van der Waals surface area contributed by atoms with Crippen molar-refractivity contribution < 1.29 is 13.2 Å². The Morgan fingerprint density at radius 3 is 3.00 bits per heavy atom. The zero-order valence-corrected chi connectivity index (χ0v) is 13.1. The number of hydrogen-bond acceptors (Lipinski definition) is 8. The van der Waals surface area contributed by atoms with Crippen LogP contribution >= 0.6 is 0 Å². The van der Waals surface area contributed by atoms with E-state index in [9.17, 15) is 8.42 Å². The van der Waals surface area contributed by atoms with Crippen molar-refractivity contribution in [3.05, 3.63) is 6.20 Å². The van der Waals surface area contributed by atoms with Crippen LogP contribution < -0.4 is 10.2 Å². The number of hydrogen-bond donors (Lipinski definition) is 1. The van der Waals surface area contributed by atoms with Crippen molar-refractivity contribution in [3.63, 3.8) is 0 Å². The first kappa shape index (κ1) is 15.9. The molecule has 0 saturated carbocycles. The fourth-order valence-corrected chi connectivity index (χ4v) is 4.00. The molecule has 1 aliphatic rings. The Hall–Kier alpha value is -1.48. The molecule has 118 valence electrons. The highest BCUT2D eigenvalue weighted by Gasteiger charge is 2.31. The van der Waals surface area contributed by atoms with Crippen LogP contribution in [0.1, 0.15) is 12.8 Å². The Labute approximate surface area is 124 Å². The second-order valence-corrected chi connectivity index (χ2v) is 7.31. The zero-order valence-electron chi connectivity index (χ0n) is 12.3. The number of ether oxygens (including phenoxy) is 1. The first-order valence-electron chi connectivity index (χ1n) is 6.87. The third kappa shape index (κ3) is 4.50.